The molecule has 1 unspecified atom stereocenters. The van der Waals surface area contributed by atoms with Crippen molar-refractivity contribution in [3.05, 3.63) is 54.1 Å². The molecule has 2 N–H and O–H groups in total. The summed E-state index contributed by atoms with van der Waals surface area (Å²) >= 11 is 0. The number of hydrogen-bond donors (Lipinski definition) is 2. The first-order valence-corrected chi connectivity index (χ1v) is 10.7. The Morgan fingerprint density at radius 3 is 2.59 bits per heavy atom. The van der Waals surface area contributed by atoms with E-state index in [0.717, 1.165) is 18.5 Å². The third-order valence-corrected chi connectivity index (χ3v) is 7.33. The standard InChI is InChI=1S/C24H30N2O3/c1-3-24(23(28)29)11-9-17(10-12-24)21(27)13-19-22(18-7-5-4-6-8-18)16(2)20-14-25-15-26(19)20/h4-8,14-15,17,19,21,27H,3,9-13H2,1-2H3,(H,28,29)/t17?,19?,21-,24?/m0/s1. The third-order valence-electron chi connectivity index (χ3n) is 7.33. The molecule has 29 heavy (non-hydrogen) atoms. The van der Waals surface area contributed by atoms with Crippen LogP contribution in [0.3, 0.4) is 0 Å². The van der Waals surface area contributed by atoms with E-state index in [1.54, 1.807) is 0 Å². The van der Waals surface area contributed by atoms with Crippen LogP contribution < -0.4 is 0 Å². The van der Waals surface area contributed by atoms with Crippen molar-refractivity contribution in [1.82, 2.24) is 9.55 Å². The summed E-state index contributed by atoms with van der Waals surface area (Å²) in [7, 11) is 0. The normalized spacial score (nSPS) is 27.7. The van der Waals surface area contributed by atoms with Crippen LogP contribution in [-0.4, -0.2) is 31.8 Å². The highest BCUT2D eigenvalue weighted by Crippen LogP contribution is 2.47. The lowest BCUT2D eigenvalue weighted by molar-refractivity contribution is -0.152. The molecule has 2 atom stereocenters. The first-order chi connectivity index (χ1) is 14.0. The lowest BCUT2D eigenvalue weighted by atomic mass is 9.67. The Hall–Kier alpha value is -2.40. The van der Waals surface area contributed by atoms with Gasteiger partial charge in [-0.05, 0) is 68.1 Å². The van der Waals surface area contributed by atoms with E-state index in [0.29, 0.717) is 25.7 Å². The zero-order chi connectivity index (χ0) is 20.6. The second-order valence-electron chi connectivity index (χ2n) is 8.69. The molecule has 1 fully saturated rings. The molecular formula is C24H30N2O3. The molecule has 1 aromatic heterocycles. The quantitative estimate of drug-likeness (QED) is 0.739. The predicted molar refractivity (Wildman–Crippen MR) is 113 cm³/mol. The first-order valence-electron chi connectivity index (χ1n) is 10.7. The molecule has 1 aliphatic carbocycles. The van der Waals surface area contributed by atoms with Crippen LogP contribution in [0, 0.1) is 11.3 Å². The van der Waals surface area contributed by atoms with Crippen LogP contribution in [0.2, 0.25) is 0 Å². The number of aromatic nitrogens is 2. The number of aliphatic hydroxyl groups excluding tert-OH is 1. The molecule has 0 spiro atoms. The van der Waals surface area contributed by atoms with Gasteiger partial charge in [-0.15, -0.1) is 0 Å². The van der Waals surface area contributed by atoms with E-state index in [-0.39, 0.29) is 12.0 Å². The van der Waals surface area contributed by atoms with Crippen molar-refractivity contribution >= 4 is 17.1 Å². The van der Waals surface area contributed by atoms with Crippen LogP contribution in [0.5, 0.6) is 0 Å². The molecule has 0 saturated heterocycles. The molecule has 4 rings (SSSR count). The van der Waals surface area contributed by atoms with Gasteiger partial charge in [-0.1, -0.05) is 37.3 Å². The van der Waals surface area contributed by atoms with Gasteiger partial charge >= 0.3 is 5.97 Å². The van der Waals surface area contributed by atoms with Crippen molar-refractivity contribution in [3.63, 3.8) is 0 Å². The van der Waals surface area contributed by atoms with E-state index in [4.69, 9.17) is 0 Å². The van der Waals surface area contributed by atoms with E-state index in [9.17, 15) is 15.0 Å². The van der Waals surface area contributed by atoms with Gasteiger partial charge in [0.25, 0.3) is 0 Å². The number of aliphatic carboxylic acids is 1. The number of imidazole rings is 1. The zero-order valence-corrected chi connectivity index (χ0v) is 17.2. The van der Waals surface area contributed by atoms with Gasteiger partial charge < -0.3 is 14.8 Å². The van der Waals surface area contributed by atoms with E-state index in [1.807, 2.05) is 37.6 Å². The van der Waals surface area contributed by atoms with Gasteiger partial charge in [0.05, 0.1) is 35.8 Å². The summed E-state index contributed by atoms with van der Waals surface area (Å²) in [5.41, 5.74) is 4.16. The predicted octanol–water partition coefficient (Wildman–Crippen LogP) is 4.79. The Kier molecular flexibility index (Phi) is 5.34. The number of allylic oxidation sites excluding steroid dienone is 2. The number of hydrogen-bond acceptors (Lipinski definition) is 3. The van der Waals surface area contributed by atoms with Crippen molar-refractivity contribution in [2.45, 2.75) is 64.5 Å². The van der Waals surface area contributed by atoms with Crippen LogP contribution in [0.15, 0.2) is 42.9 Å². The maximum atomic E-state index is 11.7. The Bertz CT molecular complexity index is 907. The Balaban J connectivity index is 1.53. The minimum Gasteiger partial charge on any atom is -0.481 e. The summed E-state index contributed by atoms with van der Waals surface area (Å²) < 4.78 is 2.18. The van der Waals surface area contributed by atoms with Gasteiger partial charge in [-0.2, -0.15) is 0 Å². The average Bonchev–Trinajstić information content (AvgIpc) is 3.32. The summed E-state index contributed by atoms with van der Waals surface area (Å²) in [6.07, 6.45) is 7.44. The minimum absolute atomic E-state index is 0.0576. The molecule has 5 nitrogen and oxygen atoms in total. The number of carboxylic acid groups (broad SMARTS) is 1. The number of nitrogens with zero attached hydrogens (tertiary/aromatic N) is 2. The zero-order valence-electron chi connectivity index (χ0n) is 17.2. The van der Waals surface area contributed by atoms with Gasteiger partial charge in [0, 0.05) is 0 Å². The number of fused-ring (bicyclic) bond motifs is 1. The van der Waals surface area contributed by atoms with Crippen LogP contribution in [-0.2, 0) is 4.79 Å². The van der Waals surface area contributed by atoms with Crippen molar-refractivity contribution in [2.24, 2.45) is 11.3 Å². The molecule has 0 amide bonds. The number of rotatable bonds is 6. The maximum Gasteiger partial charge on any atom is 0.309 e. The van der Waals surface area contributed by atoms with Gasteiger partial charge in [-0.25, -0.2) is 4.98 Å². The summed E-state index contributed by atoms with van der Waals surface area (Å²) in [6.45, 7) is 4.09. The highest BCUT2D eigenvalue weighted by atomic mass is 16.4. The van der Waals surface area contributed by atoms with Gasteiger partial charge in [0.2, 0.25) is 0 Å². The fourth-order valence-corrected chi connectivity index (χ4v) is 5.35. The molecule has 0 radical (unpaired) electrons. The largest absolute Gasteiger partial charge is 0.481 e. The molecule has 2 heterocycles. The third kappa shape index (κ3) is 3.42. The van der Waals surface area contributed by atoms with Crippen molar-refractivity contribution < 1.29 is 15.0 Å². The van der Waals surface area contributed by atoms with Crippen molar-refractivity contribution in [3.8, 4) is 0 Å². The summed E-state index contributed by atoms with van der Waals surface area (Å²) in [5.74, 6) is -0.532. The monoisotopic (exact) mass is 394 g/mol. The number of carboxylic acids is 1. The minimum atomic E-state index is -0.684. The van der Waals surface area contributed by atoms with Crippen LogP contribution in [0.25, 0.3) is 11.1 Å². The van der Waals surface area contributed by atoms with Gasteiger partial charge in [-0.3, -0.25) is 4.79 Å². The Labute approximate surface area is 172 Å². The second-order valence-corrected chi connectivity index (χ2v) is 8.69. The Morgan fingerprint density at radius 2 is 1.97 bits per heavy atom. The van der Waals surface area contributed by atoms with Gasteiger partial charge in [0.1, 0.15) is 0 Å². The lowest BCUT2D eigenvalue weighted by Gasteiger charge is -2.38. The highest BCUT2D eigenvalue weighted by molar-refractivity contribution is 5.93. The van der Waals surface area contributed by atoms with Crippen molar-refractivity contribution in [1.29, 1.82) is 0 Å². The highest BCUT2D eigenvalue weighted by Gasteiger charge is 2.42. The van der Waals surface area contributed by atoms with Crippen LogP contribution in [0.4, 0.5) is 0 Å². The van der Waals surface area contributed by atoms with Crippen molar-refractivity contribution in [2.75, 3.05) is 0 Å². The number of aliphatic hydroxyl groups is 1. The molecule has 5 heteroatoms. The molecule has 1 saturated carbocycles. The number of carbonyl (C=O) groups is 1. The summed E-state index contributed by atoms with van der Waals surface area (Å²) in [4.78, 5) is 16.1. The molecule has 2 aliphatic rings. The van der Waals surface area contributed by atoms with Crippen LogP contribution >= 0.6 is 0 Å². The second kappa shape index (κ2) is 7.79. The lowest BCUT2D eigenvalue weighted by Crippen LogP contribution is -2.38. The van der Waals surface area contributed by atoms with Gasteiger partial charge in [0.15, 0.2) is 0 Å². The fourth-order valence-electron chi connectivity index (χ4n) is 5.35. The van der Waals surface area contributed by atoms with E-state index < -0.39 is 17.5 Å². The molecule has 1 aliphatic heterocycles. The fraction of sp³-hybridized carbons (Fsp3) is 0.500. The smallest absolute Gasteiger partial charge is 0.309 e. The summed E-state index contributed by atoms with van der Waals surface area (Å²) in [5, 5.41) is 20.8. The molecule has 2 aromatic rings. The van der Waals surface area contributed by atoms with E-state index in [1.165, 1.54) is 16.7 Å². The maximum absolute atomic E-state index is 11.7. The molecular weight excluding hydrogens is 364 g/mol. The number of benzene rings is 1. The Morgan fingerprint density at radius 1 is 1.28 bits per heavy atom. The van der Waals surface area contributed by atoms with E-state index in [2.05, 4.69) is 28.6 Å². The summed E-state index contributed by atoms with van der Waals surface area (Å²) in [6, 6.07) is 10.4. The van der Waals surface area contributed by atoms with E-state index >= 15 is 0 Å². The molecule has 1 aromatic carbocycles. The molecule has 0 bridgehead atoms. The molecule has 154 valence electrons. The first kappa shape index (κ1) is 19.9. The topological polar surface area (TPSA) is 75.3 Å². The average molecular weight is 395 g/mol. The van der Waals surface area contributed by atoms with Crippen LogP contribution in [0.1, 0.15) is 69.7 Å². The SMILES string of the molecule is CCC1(C(=O)O)CCC([C@@H](O)CC2C(c3ccccc3)=C(C)c3cncn32)CC1.